The summed E-state index contributed by atoms with van der Waals surface area (Å²) in [5.74, 6) is 1.36. The van der Waals surface area contributed by atoms with E-state index in [1.165, 1.54) is 5.57 Å². The molecule has 0 aromatic rings. The van der Waals surface area contributed by atoms with Crippen LogP contribution >= 0.6 is 0 Å². The zero-order chi connectivity index (χ0) is 19.7. The van der Waals surface area contributed by atoms with E-state index in [2.05, 4.69) is 13.8 Å². The lowest BCUT2D eigenvalue weighted by Gasteiger charge is -2.56. The fourth-order valence-electron chi connectivity index (χ4n) is 8.66. The molecule has 0 aromatic carbocycles. The third-order valence-electron chi connectivity index (χ3n) is 10.2. The maximum Gasteiger partial charge on any atom is 0.303 e. The van der Waals surface area contributed by atoms with Gasteiger partial charge in [0, 0.05) is 23.7 Å². The smallest absolute Gasteiger partial charge is 0.303 e. The van der Waals surface area contributed by atoms with Gasteiger partial charge in [-0.25, -0.2) is 0 Å². The Balaban J connectivity index is 1.40. The average molecular weight is 386 g/mol. The van der Waals surface area contributed by atoms with Crippen LogP contribution in [0.3, 0.4) is 0 Å². The van der Waals surface area contributed by atoms with Crippen molar-refractivity contribution in [2.24, 2.45) is 34.5 Å². The number of hydrogen-bond acceptors (Lipinski definition) is 4. The monoisotopic (exact) mass is 386 g/mol. The molecule has 1 aliphatic heterocycles. The highest BCUT2D eigenvalue weighted by Crippen LogP contribution is 2.82. The van der Waals surface area contributed by atoms with Crippen LogP contribution in [0, 0.1) is 34.5 Å². The molecule has 5 heteroatoms. The number of carbonyl (C=O) groups excluding carboxylic acids is 1. The number of carboxylic acid groups (broad SMARTS) is 1. The van der Waals surface area contributed by atoms with Crippen LogP contribution in [-0.4, -0.2) is 39.3 Å². The lowest BCUT2D eigenvalue weighted by Crippen LogP contribution is -2.60. The Bertz CT molecular complexity index is 833. The first kappa shape index (κ1) is 17.6. The Labute approximate surface area is 165 Å². The predicted octanol–water partition coefficient (Wildman–Crippen LogP) is 3.10. The van der Waals surface area contributed by atoms with Crippen LogP contribution in [0.5, 0.6) is 0 Å². The molecule has 0 radical (unpaired) electrons. The molecule has 2 N–H and O–H groups in total. The van der Waals surface area contributed by atoms with E-state index in [1.807, 2.05) is 6.08 Å². The molecule has 5 aliphatic carbocycles. The standard InChI is InChI=1S/C23H30O5/c1-20-6-3-12(24)9-16(20)13-10-14(13)19-15-4-7-22(27,8-5-18(25)26)21(15,2)11-17-23(19,20)28-17/h9,13-15,17,19,27H,3-8,10-11H2,1-2H3,(H,25,26)/t13-,14+,15+,17?,19+,20+,21-,22-,23-/m1/s1. The Hall–Kier alpha value is -1.20. The molecule has 1 unspecified atom stereocenters. The van der Waals surface area contributed by atoms with E-state index in [1.54, 1.807) is 0 Å². The summed E-state index contributed by atoms with van der Waals surface area (Å²) in [4.78, 5) is 23.3. The highest BCUT2D eigenvalue weighted by atomic mass is 16.6. The second-order valence-electron chi connectivity index (χ2n) is 11.0. The fourth-order valence-corrected chi connectivity index (χ4v) is 8.66. The molecule has 5 fully saturated rings. The molecule has 0 amide bonds. The first-order valence-corrected chi connectivity index (χ1v) is 11.0. The zero-order valence-electron chi connectivity index (χ0n) is 16.7. The quantitative estimate of drug-likeness (QED) is 0.728. The summed E-state index contributed by atoms with van der Waals surface area (Å²) in [6.45, 7) is 4.54. The minimum Gasteiger partial charge on any atom is -0.481 e. The van der Waals surface area contributed by atoms with E-state index in [4.69, 9.17) is 4.74 Å². The summed E-state index contributed by atoms with van der Waals surface area (Å²) in [5.41, 5.74) is -0.0168. The minimum atomic E-state index is -0.905. The Morgan fingerprint density at radius 2 is 2.11 bits per heavy atom. The van der Waals surface area contributed by atoms with Gasteiger partial charge in [-0.3, -0.25) is 9.59 Å². The lowest BCUT2D eigenvalue weighted by atomic mass is 9.46. The van der Waals surface area contributed by atoms with Crippen LogP contribution in [0.15, 0.2) is 11.6 Å². The molecule has 6 rings (SSSR count). The second-order valence-corrected chi connectivity index (χ2v) is 11.0. The molecule has 6 aliphatic rings. The number of carboxylic acids is 1. The van der Waals surface area contributed by atoms with Gasteiger partial charge in [-0.05, 0) is 68.3 Å². The number of epoxide rings is 1. The first-order chi connectivity index (χ1) is 13.2. The van der Waals surface area contributed by atoms with Crippen molar-refractivity contribution in [1.82, 2.24) is 0 Å². The van der Waals surface area contributed by atoms with Crippen molar-refractivity contribution in [2.75, 3.05) is 0 Å². The average Bonchev–Trinajstić information content (AvgIpc) is 3.52. The van der Waals surface area contributed by atoms with Crippen LogP contribution in [-0.2, 0) is 14.3 Å². The Morgan fingerprint density at radius 1 is 1.32 bits per heavy atom. The second kappa shape index (κ2) is 4.92. The summed E-state index contributed by atoms with van der Waals surface area (Å²) < 4.78 is 6.62. The van der Waals surface area contributed by atoms with Gasteiger partial charge in [-0.15, -0.1) is 0 Å². The summed E-state index contributed by atoms with van der Waals surface area (Å²) in [5, 5.41) is 20.8. The Morgan fingerprint density at radius 3 is 2.86 bits per heavy atom. The molecule has 5 nitrogen and oxygen atoms in total. The maximum absolute atomic E-state index is 12.1. The van der Waals surface area contributed by atoms with Gasteiger partial charge in [0.2, 0.25) is 0 Å². The number of rotatable bonds is 3. The summed E-state index contributed by atoms with van der Waals surface area (Å²) in [6, 6.07) is 0. The van der Waals surface area contributed by atoms with E-state index >= 15 is 0 Å². The molecule has 0 bridgehead atoms. The molecule has 28 heavy (non-hydrogen) atoms. The van der Waals surface area contributed by atoms with Crippen molar-refractivity contribution >= 4 is 11.8 Å². The fraction of sp³-hybridized carbons (Fsp3) is 0.826. The number of fused-ring (bicyclic) bond motifs is 6. The van der Waals surface area contributed by atoms with Gasteiger partial charge in [0.15, 0.2) is 5.78 Å². The summed E-state index contributed by atoms with van der Waals surface area (Å²) >= 11 is 0. The van der Waals surface area contributed by atoms with Gasteiger partial charge in [0.25, 0.3) is 0 Å². The van der Waals surface area contributed by atoms with Crippen molar-refractivity contribution in [2.45, 2.75) is 82.5 Å². The van der Waals surface area contributed by atoms with Crippen LogP contribution in [0.1, 0.15) is 65.2 Å². The molecule has 0 aromatic heterocycles. The van der Waals surface area contributed by atoms with Crippen LogP contribution < -0.4 is 0 Å². The van der Waals surface area contributed by atoms with E-state index in [0.29, 0.717) is 42.9 Å². The maximum atomic E-state index is 12.1. The van der Waals surface area contributed by atoms with Gasteiger partial charge in [0.1, 0.15) is 5.60 Å². The van der Waals surface area contributed by atoms with Gasteiger partial charge in [-0.2, -0.15) is 0 Å². The van der Waals surface area contributed by atoms with Gasteiger partial charge in [-0.1, -0.05) is 19.4 Å². The molecule has 4 saturated carbocycles. The minimum absolute atomic E-state index is 0.0267. The van der Waals surface area contributed by atoms with Crippen molar-refractivity contribution in [3.8, 4) is 0 Å². The normalized spacial score (nSPS) is 57.9. The largest absolute Gasteiger partial charge is 0.481 e. The van der Waals surface area contributed by atoms with Crippen LogP contribution in [0.2, 0.25) is 0 Å². The predicted molar refractivity (Wildman–Crippen MR) is 100 cm³/mol. The van der Waals surface area contributed by atoms with Crippen molar-refractivity contribution in [1.29, 1.82) is 0 Å². The van der Waals surface area contributed by atoms with Crippen LogP contribution in [0.25, 0.3) is 0 Å². The molecule has 1 spiro atoms. The molecule has 9 atom stereocenters. The zero-order valence-corrected chi connectivity index (χ0v) is 16.7. The van der Waals surface area contributed by atoms with Crippen LogP contribution in [0.4, 0.5) is 0 Å². The van der Waals surface area contributed by atoms with Crippen molar-refractivity contribution in [3.05, 3.63) is 11.6 Å². The lowest BCUT2D eigenvalue weighted by molar-refractivity contribution is -0.144. The van der Waals surface area contributed by atoms with Gasteiger partial charge >= 0.3 is 5.97 Å². The van der Waals surface area contributed by atoms with E-state index in [-0.39, 0.29) is 34.7 Å². The summed E-state index contributed by atoms with van der Waals surface area (Å²) in [6.07, 6.45) is 7.59. The number of ketones is 1. The summed E-state index contributed by atoms with van der Waals surface area (Å²) in [7, 11) is 0. The molecular formula is C23H30O5. The number of carbonyl (C=O) groups is 2. The van der Waals surface area contributed by atoms with E-state index in [0.717, 1.165) is 25.7 Å². The number of aliphatic hydroxyl groups is 1. The highest BCUT2D eigenvalue weighted by molar-refractivity contribution is 5.92. The van der Waals surface area contributed by atoms with Crippen molar-refractivity contribution < 1.29 is 24.5 Å². The third-order valence-corrected chi connectivity index (χ3v) is 10.2. The number of ether oxygens (including phenoxy) is 1. The topological polar surface area (TPSA) is 87.1 Å². The molecule has 152 valence electrons. The van der Waals surface area contributed by atoms with Crippen molar-refractivity contribution in [3.63, 3.8) is 0 Å². The number of hydrogen-bond donors (Lipinski definition) is 2. The van der Waals surface area contributed by atoms with E-state index in [9.17, 15) is 19.8 Å². The SMILES string of the molecule is C[C@]12CCC(=O)C=C1[C@@H]1C[C@@H]1[C@H]1[C@@H]3CC[C@@](O)(CCC(=O)O)[C@]3(C)CC3O[C@]312. The molecule has 1 saturated heterocycles. The third kappa shape index (κ3) is 1.78. The molecule has 1 heterocycles. The highest BCUT2D eigenvalue weighted by Gasteiger charge is 2.84. The van der Waals surface area contributed by atoms with E-state index < -0.39 is 11.6 Å². The molecular weight excluding hydrogens is 356 g/mol. The first-order valence-electron chi connectivity index (χ1n) is 11.0. The number of aliphatic carboxylic acids is 1. The Kier molecular flexibility index (Phi) is 3.10. The van der Waals surface area contributed by atoms with Gasteiger partial charge in [0.05, 0.1) is 11.7 Å². The van der Waals surface area contributed by atoms with Gasteiger partial charge < -0.3 is 14.9 Å².